The third-order valence-electron chi connectivity index (χ3n) is 12.9. The SMILES string of the molecule is [C-]#[N+]C1=C[C@]2(C)C3=CC(=O)[C@@H]4[C@@H]5C[C@@](C)(C(=O)CN)CC[C@]5(C)CC[C@@]4(C)[C@]3(C)CC[C@H]2C(C)(C)C1=O. The van der Waals surface area contributed by atoms with Crippen LogP contribution in [0, 0.1) is 56.8 Å². The molecule has 5 rings (SSSR count). The molecule has 0 unspecified atom stereocenters. The van der Waals surface area contributed by atoms with Gasteiger partial charge in [0.25, 0.3) is 0 Å². The fraction of sp³-hybridized carbons (Fsp3) is 0.750. The van der Waals surface area contributed by atoms with E-state index in [4.69, 9.17) is 12.3 Å². The molecule has 5 aliphatic rings. The lowest BCUT2D eigenvalue weighted by molar-refractivity contribution is -0.171. The number of Topliss-reactive ketones (excluding diaryl/α,β-unsaturated/α-hetero) is 2. The number of rotatable bonds is 2. The predicted molar refractivity (Wildman–Crippen MR) is 144 cm³/mol. The van der Waals surface area contributed by atoms with E-state index in [9.17, 15) is 14.4 Å². The van der Waals surface area contributed by atoms with Gasteiger partial charge < -0.3 is 10.5 Å². The molecule has 37 heavy (non-hydrogen) atoms. The van der Waals surface area contributed by atoms with Crippen LogP contribution in [0.5, 0.6) is 0 Å². The average Bonchev–Trinajstić information content (AvgIpc) is 2.83. The highest BCUT2D eigenvalue weighted by atomic mass is 16.1. The minimum atomic E-state index is -0.648. The van der Waals surface area contributed by atoms with Crippen molar-refractivity contribution in [3.05, 3.63) is 34.8 Å². The Morgan fingerprint density at radius 1 is 1.03 bits per heavy atom. The van der Waals surface area contributed by atoms with Gasteiger partial charge in [0.2, 0.25) is 5.70 Å². The largest absolute Gasteiger partial charge is 0.324 e. The first-order valence-electron chi connectivity index (χ1n) is 14.2. The highest BCUT2D eigenvalue weighted by molar-refractivity contribution is 6.03. The normalized spacial score (nSPS) is 48.4. The molecule has 0 heterocycles. The van der Waals surface area contributed by atoms with Crippen molar-refractivity contribution in [1.29, 1.82) is 0 Å². The van der Waals surface area contributed by atoms with Crippen molar-refractivity contribution in [2.75, 3.05) is 6.54 Å². The van der Waals surface area contributed by atoms with Crippen LogP contribution in [0.25, 0.3) is 4.85 Å². The summed E-state index contributed by atoms with van der Waals surface area (Å²) in [7, 11) is 0. The summed E-state index contributed by atoms with van der Waals surface area (Å²) < 4.78 is 0. The van der Waals surface area contributed by atoms with Crippen LogP contribution in [0.1, 0.15) is 93.4 Å². The molecule has 0 aromatic heterocycles. The third kappa shape index (κ3) is 3.14. The standard InChI is InChI=1S/C32H44N2O3/c1-27(2)22-9-10-31(6)23(30(22,5)17-20(34-8)26(27)37)15-21(35)25-19-16-29(4,24(36)18-33)12-11-28(19,3)13-14-32(25,31)7/h15,17,19,22,25H,9-14,16,18,33H2,1-7H3/t19-,22-,25-,28+,29-,30-,31+,32+/m0/s1. The van der Waals surface area contributed by atoms with Crippen molar-refractivity contribution in [1.82, 2.24) is 0 Å². The van der Waals surface area contributed by atoms with Crippen LogP contribution in [-0.4, -0.2) is 23.9 Å². The van der Waals surface area contributed by atoms with Gasteiger partial charge in [0, 0.05) is 22.2 Å². The Morgan fingerprint density at radius 3 is 2.30 bits per heavy atom. The van der Waals surface area contributed by atoms with Gasteiger partial charge in [-0.05, 0) is 79.1 Å². The van der Waals surface area contributed by atoms with Gasteiger partial charge in [0.1, 0.15) is 0 Å². The maximum Gasteiger partial charge on any atom is 0.226 e. The van der Waals surface area contributed by atoms with Crippen LogP contribution in [0.4, 0.5) is 0 Å². The molecule has 0 aromatic carbocycles. The molecular formula is C32H44N2O3. The monoisotopic (exact) mass is 504 g/mol. The van der Waals surface area contributed by atoms with E-state index < -0.39 is 16.2 Å². The predicted octanol–water partition coefficient (Wildman–Crippen LogP) is 6.09. The number of hydrogen-bond donors (Lipinski definition) is 1. The molecule has 8 atom stereocenters. The Morgan fingerprint density at radius 2 is 1.68 bits per heavy atom. The van der Waals surface area contributed by atoms with Crippen LogP contribution >= 0.6 is 0 Å². The molecule has 0 aliphatic heterocycles. The van der Waals surface area contributed by atoms with E-state index in [0.717, 1.165) is 50.5 Å². The van der Waals surface area contributed by atoms with Crippen LogP contribution < -0.4 is 5.73 Å². The zero-order valence-electron chi connectivity index (χ0n) is 23.8. The van der Waals surface area contributed by atoms with Gasteiger partial charge in [0.05, 0.1) is 13.1 Å². The summed E-state index contributed by atoms with van der Waals surface area (Å²) in [5, 5.41) is 0. The molecule has 200 valence electrons. The van der Waals surface area contributed by atoms with E-state index >= 15 is 0 Å². The first-order chi connectivity index (χ1) is 17.0. The number of fused-ring (bicyclic) bond motifs is 7. The molecule has 3 fully saturated rings. The van der Waals surface area contributed by atoms with Crippen molar-refractivity contribution < 1.29 is 14.4 Å². The van der Waals surface area contributed by atoms with Crippen LogP contribution in [0.15, 0.2) is 23.4 Å². The van der Waals surface area contributed by atoms with Gasteiger partial charge in [-0.15, -0.1) is 0 Å². The molecule has 5 aliphatic carbocycles. The molecule has 5 nitrogen and oxygen atoms in total. The number of hydrogen-bond acceptors (Lipinski definition) is 4. The Balaban J connectivity index is 1.67. The molecule has 0 aromatic rings. The maximum atomic E-state index is 14.3. The minimum Gasteiger partial charge on any atom is -0.324 e. The van der Waals surface area contributed by atoms with E-state index in [-0.39, 0.29) is 63.6 Å². The molecule has 0 spiro atoms. The van der Waals surface area contributed by atoms with Gasteiger partial charge in [-0.3, -0.25) is 9.59 Å². The van der Waals surface area contributed by atoms with E-state index in [0.29, 0.717) is 0 Å². The van der Waals surface area contributed by atoms with Crippen molar-refractivity contribution in [3.8, 4) is 0 Å². The van der Waals surface area contributed by atoms with Crippen molar-refractivity contribution in [2.24, 2.45) is 56.0 Å². The van der Waals surface area contributed by atoms with Gasteiger partial charge in [-0.2, -0.15) is 0 Å². The average molecular weight is 505 g/mol. The Bertz CT molecular complexity index is 1200. The highest BCUT2D eigenvalue weighted by Gasteiger charge is 2.69. The third-order valence-corrected chi connectivity index (χ3v) is 12.9. The lowest BCUT2D eigenvalue weighted by Gasteiger charge is -2.69. The summed E-state index contributed by atoms with van der Waals surface area (Å²) in [5.74, 6) is 0.301. The molecule has 0 amide bonds. The Kier molecular flexibility index (Phi) is 5.56. The van der Waals surface area contributed by atoms with E-state index in [1.807, 2.05) is 26.0 Å². The molecule has 3 saturated carbocycles. The Labute approximate surface area is 222 Å². The van der Waals surface area contributed by atoms with Gasteiger partial charge in [0.15, 0.2) is 17.3 Å². The summed E-state index contributed by atoms with van der Waals surface area (Å²) >= 11 is 0. The molecule has 5 heteroatoms. The summed E-state index contributed by atoms with van der Waals surface area (Å²) in [4.78, 5) is 44.1. The van der Waals surface area contributed by atoms with Crippen molar-refractivity contribution in [3.63, 3.8) is 0 Å². The molecule has 0 radical (unpaired) electrons. The summed E-state index contributed by atoms with van der Waals surface area (Å²) in [6, 6.07) is 0. The molecule has 2 N–H and O–H groups in total. The van der Waals surface area contributed by atoms with Crippen molar-refractivity contribution >= 4 is 17.3 Å². The number of carbonyl (C=O) groups is 3. The second-order valence-corrected chi connectivity index (χ2v) is 14.9. The first-order valence-corrected chi connectivity index (χ1v) is 14.2. The van der Waals surface area contributed by atoms with Gasteiger partial charge in [-0.1, -0.05) is 60.1 Å². The topological polar surface area (TPSA) is 81.6 Å². The van der Waals surface area contributed by atoms with E-state index in [2.05, 4.69) is 39.5 Å². The lowest BCUT2D eigenvalue weighted by Crippen LogP contribution is -2.64. The summed E-state index contributed by atoms with van der Waals surface area (Å²) in [5.41, 5.74) is 5.15. The number of nitrogens with zero attached hydrogens (tertiary/aromatic N) is 1. The van der Waals surface area contributed by atoms with Gasteiger partial charge >= 0.3 is 0 Å². The fourth-order valence-electron chi connectivity index (χ4n) is 10.2. The quantitative estimate of drug-likeness (QED) is 0.462. The zero-order valence-corrected chi connectivity index (χ0v) is 23.8. The second kappa shape index (κ2) is 7.75. The maximum absolute atomic E-state index is 14.3. The minimum absolute atomic E-state index is 0.0491. The summed E-state index contributed by atoms with van der Waals surface area (Å²) in [6.45, 7) is 23.0. The number of ketones is 3. The molecule has 0 bridgehead atoms. The summed E-state index contributed by atoms with van der Waals surface area (Å²) in [6.07, 6.45) is 10.2. The number of allylic oxidation sites excluding steroid dienone is 4. The van der Waals surface area contributed by atoms with Gasteiger partial charge in [-0.25, -0.2) is 4.85 Å². The second-order valence-electron chi connectivity index (χ2n) is 14.9. The molecule has 0 saturated heterocycles. The lowest BCUT2D eigenvalue weighted by atomic mass is 9.34. The highest BCUT2D eigenvalue weighted by Crippen LogP contribution is 2.74. The van der Waals surface area contributed by atoms with Crippen LogP contribution in [0.2, 0.25) is 0 Å². The van der Waals surface area contributed by atoms with E-state index in [1.54, 1.807) is 0 Å². The fourth-order valence-corrected chi connectivity index (χ4v) is 10.2. The zero-order chi connectivity index (χ0) is 27.4. The Hall–Kier alpha value is -2.06. The smallest absolute Gasteiger partial charge is 0.226 e. The van der Waals surface area contributed by atoms with E-state index in [1.165, 1.54) is 0 Å². The number of nitrogens with two attached hydrogens (primary N) is 1. The van der Waals surface area contributed by atoms with Crippen molar-refractivity contribution in [2.45, 2.75) is 93.4 Å². The number of carbonyl (C=O) groups excluding carboxylic acids is 3. The van der Waals surface area contributed by atoms with Crippen LogP contribution in [-0.2, 0) is 14.4 Å². The first kappa shape index (κ1) is 26.5. The molecular weight excluding hydrogens is 460 g/mol. The van der Waals surface area contributed by atoms with Crippen LogP contribution in [0.3, 0.4) is 0 Å².